The molecule has 4 N–H and O–H groups in total. The summed E-state index contributed by atoms with van der Waals surface area (Å²) in [6, 6.07) is 3.23. The molecule has 0 aliphatic rings. The Kier molecular flexibility index (Phi) is 5.72. The van der Waals surface area contributed by atoms with E-state index in [4.69, 9.17) is 14.9 Å². The number of ether oxygens (including phenoxy) is 1. The van der Waals surface area contributed by atoms with Gasteiger partial charge in [0.15, 0.2) is 11.7 Å². The molecular formula is C11H18N4O3. The maximum Gasteiger partial charge on any atom is 0.284 e. The zero-order valence-electron chi connectivity index (χ0n) is 10.5. The summed E-state index contributed by atoms with van der Waals surface area (Å²) in [5.41, 5.74) is 5.09. The molecule has 0 saturated carbocycles. The van der Waals surface area contributed by atoms with Gasteiger partial charge >= 0.3 is 0 Å². The van der Waals surface area contributed by atoms with Gasteiger partial charge < -0.3 is 25.5 Å². The molecule has 0 atom stereocenters. The Labute approximate surface area is 105 Å². The summed E-state index contributed by atoms with van der Waals surface area (Å²) in [5.74, 6) is 0.806. The van der Waals surface area contributed by atoms with E-state index in [2.05, 4.69) is 15.6 Å². The lowest BCUT2D eigenvalue weighted by atomic mass is 10.4. The van der Waals surface area contributed by atoms with Crippen LogP contribution in [0.5, 0.6) is 0 Å². The fourth-order valence-electron chi connectivity index (χ4n) is 1.27. The van der Waals surface area contributed by atoms with Crippen LogP contribution in [0.1, 0.15) is 16.3 Å². The molecule has 0 aliphatic heterocycles. The third-order valence-corrected chi connectivity index (χ3v) is 2.16. The Hall–Kier alpha value is -2.02. The summed E-state index contributed by atoms with van der Waals surface area (Å²) in [4.78, 5) is 14.9. The van der Waals surface area contributed by atoms with Crippen LogP contribution in [0.2, 0.25) is 0 Å². The van der Waals surface area contributed by atoms with Gasteiger partial charge in [0.25, 0.3) is 5.91 Å². The van der Waals surface area contributed by atoms with Gasteiger partial charge in [0.1, 0.15) is 5.76 Å². The number of furan rings is 1. The van der Waals surface area contributed by atoms with Crippen LogP contribution in [-0.2, 0) is 11.3 Å². The smallest absolute Gasteiger partial charge is 0.284 e. The molecule has 1 aromatic rings. The molecule has 0 bridgehead atoms. The molecule has 0 radical (unpaired) electrons. The van der Waals surface area contributed by atoms with E-state index in [1.807, 2.05) is 0 Å². The summed E-state index contributed by atoms with van der Waals surface area (Å²) in [5, 5.41) is 6.09. The van der Waals surface area contributed by atoms with Gasteiger partial charge in [-0.3, -0.25) is 9.79 Å². The molecular weight excluding hydrogens is 236 g/mol. The SMILES string of the molecule is CN=C(NCCOC)NCc1ccc(C(N)=O)o1. The predicted molar refractivity (Wildman–Crippen MR) is 67.3 cm³/mol. The van der Waals surface area contributed by atoms with E-state index >= 15 is 0 Å². The second-order valence-corrected chi connectivity index (χ2v) is 3.48. The Morgan fingerprint density at radius 2 is 2.28 bits per heavy atom. The molecule has 1 heterocycles. The fourth-order valence-corrected chi connectivity index (χ4v) is 1.27. The van der Waals surface area contributed by atoms with E-state index in [1.54, 1.807) is 26.3 Å². The quantitative estimate of drug-likeness (QED) is 0.367. The second kappa shape index (κ2) is 7.33. The van der Waals surface area contributed by atoms with Gasteiger partial charge in [-0.2, -0.15) is 0 Å². The van der Waals surface area contributed by atoms with Crippen LogP contribution in [0, 0.1) is 0 Å². The average Bonchev–Trinajstić information content (AvgIpc) is 2.82. The van der Waals surface area contributed by atoms with Crippen LogP contribution >= 0.6 is 0 Å². The van der Waals surface area contributed by atoms with Gasteiger partial charge in [-0.25, -0.2) is 0 Å². The predicted octanol–water partition coefficient (Wildman–Crippen LogP) is -0.310. The van der Waals surface area contributed by atoms with Crippen molar-refractivity contribution in [3.05, 3.63) is 23.7 Å². The first-order valence-corrected chi connectivity index (χ1v) is 5.49. The van der Waals surface area contributed by atoms with Crippen molar-refractivity contribution in [2.75, 3.05) is 27.3 Å². The number of hydrogen-bond acceptors (Lipinski definition) is 4. The first kappa shape index (κ1) is 14.0. The molecule has 1 amide bonds. The third-order valence-electron chi connectivity index (χ3n) is 2.16. The van der Waals surface area contributed by atoms with Gasteiger partial charge in [-0.1, -0.05) is 0 Å². The number of amides is 1. The Morgan fingerprint density at radius 1 is 1.50 bits per heavy atom. The molecule has 1 aromatic heterocycles. The largest absolute Gasteiger partial charge is 0.454 e. The van der Waals surface area contributed by atoms with Gasteiger partial charge in [-0.15, -0.1) is 0 Å². The Balaban J connectivity index is 2.40. The number of methoxy groups -OCH3 is 1. The number of nitrogens with zero attached hydrogens (tertiary/aromatic N) is 1. The van der Waals surface area contributed by atoms with Crippen LogP contribution in [0.15, 0.2) is 21.5 Å². The highest BCUT2D eigenvalue weighted by Gasteiger charge is 2.07. The molecule has 18 heavy (non-hydrogen) atoms. The highest BCUT2D eigenvalue weighted by molar-refractivity contribution is 5.89. The van der Waals surface area contributed by atoms with Crippen molar-refractivity contribution in [2.24, 2.45) is 10.7 Å². The van der Waals surface area contributed by atoms with Crippen molar-refractivity contribution in [3.8, 4) is 0 Å². The van der Waals surface area contributed by atoms with Gasteiger partial charge in [0.2, 0.25) is 0 Å². The molecule has 0 aromatic carbocycles. The highest BCUT2D eigenvalue weighted by Crippen LogP contribution is 2.06. The summed E-state index contributed by atoms with van der Waals surface area (Å²) >= 11 is 0. The van der Waals surface area contributed by atoms with E-state index in [0.29, 0.717) is 31.4 Å². The zero-order chi connectivity index (χ0) is 13.4. The summed E-state index contributed by atoms with van der Waals surface area (Å²) in [6.07, 6.45) is 0. The number of hydrogen-bond donors (Lipinski definition) is 3. The molecule has 0 spiro atoms. The van der Waals surface area contributed by atoms with Gasteiger partial charge in [-0.05, 0) is 12.1 Å². The van der Waals surface area contributed by atoms with Crippen LogP contribution in [-0.4, -0.2) is 39.2 Å². The molecule has 7 heteroatoms. The zero-order valence-corrected chi connectivity index (χ0v) is 10.5. The van der Waals surface area contributed by atoms with E-state index in [0.717, 1.165) is 0 Å². The van der Waals surface area contributed by atoms with Crippen LogP contribution in [0.3, 0.4) is 0 Å². The molecule has 7 nitrogen and oxygen atoms in total. The second-order valence-electron chi connectivity index (χ2n) is 3.48. The van der Waals surface area contributed by atoms with Gasteiger partial charge in [0.05, 0.1) is 13.2 Å². The molecule has 0 aliphatic carbocycles. The summed E-state index contributed by atoms with van der Waals surface area (Å²) < 4.78 is 10.1. The number of guanidine groups is 1. The number of nitrogens with one attached hydrogen (secondary N) is 2. The summed E-state index contributed by atoms with van der Waals surface area (Å²) in [6.45, 7) is 1.66. The lowest BCUT2D eigenvalue weighted by Crippen LogP contribution is -2.38. The minimum Gasteiger partial charge on any atom is -0.454 e. The van der Waals surface area contributed by atoms with E-state index in [9.17, 15) is 4.79 Å². The fraction of sp³-hybridized carbons (Fsp3) is 0.455. The average molecular weight is 254 g/mol. The van der Waals surface area contributed by atoms with Crippen molar-refractivity contribution < 1.29 is 13.9 Å². The first-order valence-electron chi connectivity index (χ1n) is 5.49. The maximum absolute atomic E-state index is 10.8. The third kappa shape index (κ3) is 4.46. The van der Waals surface area contributed by atoms with Crippen molar-refractivity contribution >= 4 is 11.9 Å². The molecule has 100 valence electrons. The number of primary amides is 1. The number of nitrogens with two attached hydrogens (primary N) is 1. The number of carbonyl (C=O) groups is 1. The number of rotatable bonds is 6. The number of aliphatic imine (C=N–C) groups is 1. The van der Waals surface area contributed by atoms with Crippen molar-refractivity contribution in [1.29, 1.82) is 0 Å². The van der Waals surface area contributed by atoms with Crippen LogP contribution in [0.4, 0.5) is 0 Å². The molecule has 1 rings (SSSR count). The van der Waals surface area contributed by atoms with Crippen LogP contribution in [0.25, 0.3) is 0 Å². The minimum absolute atomic E-state index is 0.147. The van der Waals surface area contributed by atoms with Crippen molar-refractivity contribution in [1.82, 2.24) is 10.6 Å². The monoisotopic (exact) mass is 254 g/mol. The molecule has 0 fully saturated rings. The van der Waals surface area contributed by atoms with Crippen molar-refractivity contribution in [2.45, 2.75) is 6.54 Å². The van der Waals surface area contributed by atoms with E-state index in [1.165, 1.54) is 0 Å². The van der Waals surface area contributed by atoms with Crippen LogP contribution < -0.4 is 16.4 Å². The standard InChI is InChI=1S/C11H18N4O3/c1-13-11(14-5-6-17-2)15-7-8-3-4-9(18-8)10(12)16/h3-4H,5-7H2,1-2H3,(H2,12,16)(H2,13,14,15). The Bertz CT molecular complexity index is 414. The van der Waals surface area contributed by atoms with E-state index < -0.39 is 5.91 Å². The normalized spacial score (nSPS) is 11.3. The lowest BCUT2D eigenvalue weighted by molar-refractivity contribution is 0.0972. The minimum atomic E-state index is -0.580. The Morgan fingerprint density at radius 3 is 2.83 bits per heavy atom. The highest BCUT2D eigenvalue weighted by atomic mass is 16.5. The maximum atomic E-state index is 10.8. The topological polar surface area (TPSA) is 102 Å². The van der Waals surface area contributed by atoms with Crippen molar-refractivity contribution in [3.63, 3.8) is 0 Å². The lowest BCUT2D eigenvalue weighted by Gasteiger charge is -2.10. The number of carbonyl (C=O) groups excluding carboxylic acids is 1. The van der Waals surface area contributed by atoms with E-state index in [-0.39, 0.29) is 5.76 Å². The summed E-state index contributed by atoms with van der Waals surface area (Å²) in [7, 11) is 3.30. The van der Waals surface area contributed by atoms with Gasteiger partial charge in [0, 0.05) is 20.7 Å². The molecule has 0 saturated heterocycles. The first-order chi connectivity index (χ1) is 8.67. The molecule has 0 unspecified atom stereocenters.